The number of ether oxygens (including phenoxy) is 2. The molecule has 0 amide bonds. The Kier molecular flexibility index (Phi) is 7.90. The standard InChI is InChI=1S/C27H27F7N4O2/c1-16(18-10-19(26(29,30)31)12-20(11-18)27(32,33)34)40-23-13-24-35-36-25(15-37-6-8-39-9-7-37)38(24)14-22(23)17-2-4-21(28)5-3-17/h2-5,10-12,16,22-23H,6-9,13-15H2,1H3/t16-,22-,23+/m1/s1. The molecule has 1 aromatic heterocycles. The third-order valence-electron chi connectivity index (χ3n) is 7.34. The predicted molar refractivity (Wildman–Crippen MR) is 129 cm³/mol. The van der Waals surface area contributed by atoms with Crippen molar-refractivity contribution in [2.75, 3.05) is 26.3 Å². The minimum Gasteiger partial charge on any atom is -0.379 e. The molecule has 0 aliphatic carbocycles. The first-order valence-corrected chi connectivity index (χ1v) is 12.8. The SMILES string of the molecule is C[C@@H](O[C@H]1Cc2nnc(CN3CCOCC3)n2C[C@@H]1c1ccc(F)cc1)c1cc(C(F)(F)F)cc(C(F)(F)F)c1. The minimum absolute atomic E-state index is 0.0939. The summed E-state index contributed by atoms with van der Waals surface area (Å²) in [4.78, 5) is 2.18. The molecule has 0 radical (unpaired) electrons. The van der Waals surface area contributed by atoms with Crippen molar-refractivity contribution in [2.45, 2.75) is 56.9 Å². The van der Waals surface area contributed by atoms with E-state index in [1.54, 1.807) is 12.1 Å². The third kappa shape index (κ3) is 6.31. The number of halogens is 7. The van der Waals surface area contributed by atoms with Gasteiger partial charge in [-0.3, -0.25) is 4.90 Å². The summed E-state index contributed by atoms with van der Waals surface area (Å²) in [6, 6.07) is 7.25. The molecule has 3 atom stereocenters. The van der Waals surface area contributed by atoms with Gasteiger partial charge in [0.1, 0.15) is 17.5 Å². The maximum atomic E-state index is 13.7. The van der Waals surface area contributed by atoms with Gasteiger partial charge in [0, 0.05) is 32.0 Å². The highest BCUT2D eigenvalue weighted by molar-refractivity contribution is 5.35. The molecule has 216 valence electrons. The van der Waals surface area contributed by atoms with Gasteiger partial charge in [-0.05, 0) is 48.4 Å². The molecule has 2 aliphatic heterocycles. The van der Waals surface area contributed by atoms with Crippen LogP contribution in [0.4, 0.5) is 30.7 Å². The number of fused-ring (bicyclic) bond motifs is 1. The lowest BCUT2D eigenvalue weighted by Gasteiger charge is -2.35. The lowest BCUT2D eigenvalue weighted by molar-refractivity contribution is -0.143. The Morgan fingerprint density at radius 1 is 0.950 bits per heavy atom. The van der Waals surface area contributed by atoms with Crippen LogP contribution in [0.5, 0.6) is 0 Å². The number of rotatable bonds is 6. The second-order valence-electron chi connectivity index (χ2n) is 10.0. The second-order valence-corrected chi connectivity index (χ2v) is 10.0. The molecule has 2 aromatic carbocycles. The summed E-state index contributed by atoms with van der Waals surface area (Å²) in [6.45, 7) is 5.01. The van der Waals surface area contributed by atoms with E-state index >= 15 is 0 Å². The van der Waals surface area contributed by atoms with Gasteiger partial charge >= 0.3 is 12.4 Å². The molecular formula is C27H27F7N4O2. The average Bonchev–Trinajstić information content (AvgIpc) is 3.29. The Morgan fingerprint density at radius 3 is 2.17 bits per heavy atom. The highest BCUT2D eigenvalue weighted by atomic mass is 19.4. The van der Waals surface area contributed by atoms with Crippen LogP contribution in [0.25, 0.3) is 0 Å². The molecule has 0 spiro atoms. The van der Waals surface area contributed by atoms with Gasteiger partial charge in [-0.2, -0.15) is 26.3 Å². The molecule has 40 heavy (non-hydrogen) atoms. The summed E-state index contributed by atoms with van der Waals surface area (Å²) in [5.41, 5.74) is -2.34. The van der Waals surface area contributed by atoms with Crippen LogP contribution in [0.2, 0.25) is 0 Å². The fraction of sp³-hybridized carbons (Fsp3) is 0.481. The van der Waals surface area contributed by atoms with Crippen LogP contribution in [-0.2, 0) is 41.3 Å². The molecule has 1 saturated heterocycles. The summed E-state index contributed by atoms with van der Waals surface area (Å²) in [6.07, 6.45) is -11.5. The van der Waals surface area contributed by atoms with E-state index in [2.05, 4.69) is 15.1 Å². The molecule has 13 heteroatoms. The first kappa shape index (κ1) is 28.5. The zero-order chi connectivity index (χ0) is 28.7. The summed E-state index contributed by atoms with van der Waals surface area (Å²) in [7, 11) is 0. The van der Waals surface area contributed by atoms with Gasteiger partial charge in [-0.1, -0.05) is 12.1 Å². The van der Waals surface area contributed by atoms with Crippen LogP contribution in [0.3, 0.4) is 0 Å². The van der Waals surface area contributed by atoms with Gasteiger partial charge in [-0.25, -0.2) is 4.39 Å². The molecular weight excluding hydrogens is 545 g/mol. The molecule has 3 heterocycles. The quantitative estimate of drug-likeness (QED) is 0.351. The monoisotopic (exact) mass is 572 g/mol. The van der Waals surface area contributed by atoms with Gasteiger partial charge in [0.05, 0.1) is 43.1 Å². The summed E-state index contributed by atoms with van der Waals surface area (Å²) < 4.78 is 108. The van der Waals surface area contributed by atoms with E-state index in [1.165, 1.54) is 19.1 Å². The molecule has 2 aliphatic rings. The summed E-state index contributed by atoms with van der Waals surface area (Å²) in [5, 5.41) is 8.65. The number of hydrogen-bond acceptors (Lipinski definition) is 5. The van der Waals surface area contributed by atoms with Crippen molar-refractivity contribution >= 4 is 0 Å². The molecule has 0 saturated carbocycles. The topological polar surface area (TPSA) is 52.4 Å². The van der Waals surface area contributed by atoms with Gasteiger partial charge in [0.2, 0.25) is 0 Å². The summed E-state index contributed by atoms with van der Waals surface area (Å²) in [5.74, 6) is 0.497. The van der Waals surface area contributed by atoms with E-state index in [-0.39, 0.29) is 24.0 Å². The number of hydrogen-bond donors (Lipinski definition) is 0. The zero-order valence-electron chi connectivity index (χ0n) is 21.5. The van der Waals surface area contributed by atoms with E-state index in [4.69, 9.17) is 9.47 Å². The smallest absolute Gasteiger partial charge is 0.379 e. The van der Waals surface area contributed by atoms with Crippen LogP contribution in [0.15, 0.2) is 42.5 Å². The Bertz CT molecular complexity index is 1290. The van der Waals surface area contributed by atoms with Crippen molar-refractivity contribution in [3.05, 3.63) is 82.2 Å². The van der Waals surface area contributed by atoms with Crippen LogP contribution in [0.1, 0.15) is 52.8 Å². The fourth-order valence-corrected chi connectivity index (χ4v) is 5.17. The number of alkyl halides is 6. The second kappa shape index (κ2) is 11.1. The third-order valence-corrected chi connectivity index (χ3v) is 7.34. The van der Waals surface area contributed by atoms with Gasteiger partial charge in [0.15, 0.2) is 0 Å². The van der Waals surface area contributed by atoms with Crippen molar-refractivity contribution in [3.8, 4) is 0 Å². The van der Waals surface area contributed by atoms with Crippen molar-refractivity contribution in [3.63, 3.8) is 0 Å². The van der Waals surface area contributed by atoms with Crippen molar-refractivity contribution in [1.82, 2.24) is 19.7 Å². The maximum Gasteiger partial charge on any atom is 0.416 e. The van der Waals surface area contributed by atoms with Crippen molar-refractivity contribution in [1.29, 1.82) is 0 Å². The first-order valence-electron chi connectivity index (χ1n) is 12.8. The first-order chi connectivity index (χ1) is 18.9. The average molecular weight is 573 g/mol. The number of benzene rings is 2. The lowest BCUT2D eigenvalue weighted by Crippen LogP contribution is -2.38. The Hall–Kier alpha value is -3.03. The molecule has 6 nitrogen and oxygen atoms in total. The van der Waals surface area contributed by atoms with E-state index in [1.807, 2.05) is 4.57 Å². The van der Waals surface area contributed by atoms with Crippen LogP contribution in [-0.4, -0.2) is 52.1 Å². The fourth-order valence-electron chi connectivity index (χ4n) is 5.17. The number of morpholine rings is 1. The van der Waals surface area contributed by atoms with Crippen LogP contribution in [0, 0.1) is 5.82 Å². The molecule has 0 bridgehead atoms. The summed E-state index contributed by atoms with van der Waals surface area (Å²) >= 11 is 0. The van der Waals surface area contributed by atoms with E-state index in [0.29, 0.717) is 44.3 Å². The highest BCUT2D eigenvalue weighted by Crippen LogP contribution is 2.40. The van der Waals surface area contributed by atoms with Crippen LogP contribution < -0.4 is 0 Å². The largest absolute Gasteiger partial charge is 0.416 e. The Labute approximate surface area is 225 Å². The van der Waals surface area contributed by atoms with Gasteiger partial charge in [0.25, 0.3) is 0 Å². The number of aromatic nitrogens is 3. The van der Waals surface area contributed by atoms with Gasteiger partial charge < -0.3 is 14.0 Å². The number of nitrogens with zero attached hydrogens (tertiary/aromatic N) is 4. The normalized spacial score (nSPS) is 21.3. The molecule has 0 N–H and O–H groups in total. The highest BCUT2D eigenvalue weighted by Gasteiger charge is 2.39. The van der Waals surface area contributed by atoms with E-state index in [0.717, 1.165) is 24.5 Å². The van der Waals surface area contributed by atoms with Gasteiger partial charge in [-0.15, -0.1) is 10.2 Å². The maximum absolute atomic E-state index is 13.7. The van der Waals surface area contributed by atoms with E-state index in [9.17, 15) is 30.7 Å². The predicted octanol–water partition coefficient (Wildman–Crippen LogP) is 5.77. The molecule has 5 rings (SSSR count). The molecule has 0 unspecified atom stereocenters. The van der Waals surface area contributed by atoms with Crippen molar-refractivity contribution < 1.29 is 40.2 Å². The minimum atomic E-state index is -4.97. The van der Waals surface area contributed by atoms with Crippen LogP contribution >= 0.6 is 0 Å². The molecule has 3 aromatic rings. The van der Waals surface area contributed by atoms with Crippen molar-refractivity contribution in [2.24, 2.45) is 0 Å². The molecule has 1 fully saturated rings. The Morgan fingerprint density at radius 2 is 1.57 bits per heavy atom. The lowest BCUT2D eigenvalue weighted by atomic mass is 9.88. The van der Waals surface area contributed by atoms with E-state index < -0.39 is 41.5 Å². The Balaban J connectivity index is 1.45. The zero-order valence-corrected chi connectivity index (χ0v) is 21.5.